The Labute approximate surface area is 138 Å². The maximum absolute atomic E-state index is 5.44. The summed E-state index contributed by atoms with van der Waals surface area (Å²) in [4.78, 5) is 12.2. The Hall–Kier alpha value is -2.09. The van der Waals surface area contributed by atoms with Gasteiger partial charge in [0.25, 0.3) is 0 Å². The first-order valence-electron chi connectivity index (χ1n) is 7.61. The number of rotatable bonds is 4. The number of hydrogen-bond donors (Lipinski definition) is 1. The summed E-state index contributed by atoms with van der Waals surface area (Å²) in [5.41, 5.74) is 1.21. The van der Waals surface area contributed by atoms with Gasteiger partial charge in [0.15, 0.2) is 0 Å². The Morgan fingerprint density at radius 2 is 2.35 bits per heavy atom. The van der Waals surface area contributed by atoms with Crippen LogP contribution >= 0.6 is 11.3 Å². The normalized spacial score (nSPS) is 19.0. The molecule has 0 aromatic carbocycles. The van der Waals surface area contributed by atoms with Crippen LogP contribution in [0.1, 0.15) is 17.5 Å². The molecule has 1 fully saturated rings. The molecule has 0 aliphatic carbocycles. The Morgan fingerprint density at radius 3 is 3.17 bits per heavy atom. The second kappa shape index (κ2) is 6.57. The van der Waals surface area contributed by atoms with Crippen molar-refractivity contribution in [2.75, 3.05) is 19.6 Å². The minimum Gasteiger partial charge on any atom is -0.338 e. The number of aromatic nitrogens is 3. The van der Waals surface area contributed by atoms with E-state index in [9.17, 15) is 0 Å². The van der Waals surface area contributed by atoms with E-state index in [1.165, 1.54) is 5.56 Å². The van der Waals surface area contributed by atoms with Gasteiger partial charge in [0.05, 0.1) is 11.4 Å². The third-order valence-electron chi connectivity index (χ3n) is 3.97. The Morgan fingerprint density at radius 1 is 1.35 bits per heavy atom. The first-order valence-corrected chi connectivity index (χ1v) is 8.49. The summed E-state index contributed by atoms with van der Waals surface area (Å²) in [6.07, 6.45) is 3.73. The Bertz CT molecular complexity index is 743. The molecular weight excluding hydrogens is 310 g/mol. The van der Waals surface area contributed by atoms with Crippen LogP contribution in [-0.4, -0.2) is 39.7 Å². The quantitative estimate of drug-likeness (QED) is 0.793. The molecule has 0 radical (unpaired) electrons. The van der Waals surface area contributed by atoms with Crippen LogP contribution in [0.15, 0.2) is 46.6 Å². The highest BCUT2D eigenvalue weighted by Gasteiger charge is 2.25. The van der Waals surface area contributed by atoms with E-state index in [1.54, 1.807) is 17.5 Å². The number of hydrogen-bond acceptors (Lipinski definition) is 7. The molecule has 1 saturated heterocycles. The van der Waals surface area contributed by atoms with Crippen molar-refractivity contribution in [1.29, 1.82) is 0 Å². The number of nitrogens with one attached hydrogen (secondary N) is 1. The lowest BCUT2D eigenvalue weighted by Crippen LogP contribution is -2.45. The molecule has 1 unspecified atom stereocenters. The minimum absolute atomic E-state index is 0.273. The molecule has 1 N–H and O–H groups in total. The molecule has 4 rings (SSSR count). The average molecular weight is 327 g/mol. The van der Waals surface area contributed by atoms with Crippen LogP contribution < -0.4 is 5.32 Å². The van der Waals surface area contributed by atoms with Crippen LogP contribution in [-0.2, 0) is 6.54 Å². The van der Waals surface area contributed by atoms with E-state index in [0.717, 1.165) is 24.5 Å². The molecule has 1 aliphatic rings. The van der Waals surface area contributed by atoms with E-state index in [-0.39, 0.29) is 6.04 Å². The fourth-order valence-electron chi connectivity index (χ4n) is 2.84. The lowest BCUT2D eigenvalue weighted by molar-refractivity contribution is 0.135. The van der Waals surface area contributed by atoms with Crippen LogP contribution in [0.4, 0.5) is 0 Å². The van der Waals surface area contributed by atoms with Crippen molar-refractivity contribution in [3.8, 4) is 10.7 Å². The predicted octanol–water partition coefficient (Wildman–Crippen LogP) is 2.34. The molecule has 7 heteroatoms. The van der Waals surface area contributed by atoms with Gasteiger partial charge in [0, 0.05) is 38.1 Å². The number of nitrogens with zero attached hydrogens (tertiary/aromatic N) is 4. The maximum atomic E-state index is 5.44. The molecule has 4 heterocycles. The summed E-state index contributed by atoms with van der Waals surface area (Å²) in [5.74, 6) is 1.33. The summed E-state index contributed by atoms with van der Waals surface area (Å²) >= 11 is 1.62. The van der Waals surface area contributed by atoms with Gasteiger partial charge in [-0.2, -0.15) is 4.98 Å². The summed E-state index contributed by atoms with van der Waals surface area (Å²) < 4.78 is 5.44. The molecule has 0 saturated carbocycles. The highest BCUT2D eigenvalue weighted by atomic mass is 32.1. The van der Waals surface area contributed by atoms with Crippen LogP contribution in [0.5, 0.6) is 0 Å². The summed E-state index contributed by atoms with van der Waals surface area (Å²) in [6.45, 7) is 3.45. The zero-order valence-electron chi connectivity index (χ0n) is 12.6. The number of pyridine rings is 1. The van der Waals surface area contributed by atoms with Gasteiger partial charge in [0.1, 0.15) is 0 Å². The fourth-order valence-corrected chi connectivity index (χ4v) is 3.49. The van der Waals surface area contributed by atoms with Gasteiger partial charge in [0.2, 0.25) is 11.7 Å². The molecule has 3 aromatic heterocycles. The molecular formula is C16H17N5OS. The smallest absolute Gasteiger partial charge is 0.241 e. The van der Waals surface area contributed by atoms with Gasteiger partial charge in [-0.25, -0.2) is 0 Å². The van der Waals surface area contributed by atoms with Gasteiger partial charge in [-0.3, -0.25) is 9.88 Å². The fraction of sp³-hybridized carbons (Fsp3) is 0.312. The first kappa shape index (κ1) is 14.5. The monoisotopic (exact) mass is 327 g/mol. The van der Waals surface area contributed by atoms with Crippen molar-refractivity contribution >= 4 is 11.3 Å². The van der Waals surface area contributed by atoms with Gasteiger partial charge >= 0.3 is 0 Å². The molecule has 23 heavy (non-hydrogen) atoms. The molecule has 118 valence electrons. The highest BCUT2D eigenvalue weighted by Crippen LogP contribution is 2.25. The lowest BCUT2D eigenvalue weighted by Gasteiger charge is -2.35. The largest absolute Gasteiger partial charge is 0.338 e. The third kappa shape index (κ3) is 3.17. The first-order chi connectivity index (χ1) is 11.4. The molecule has 0 amide bonds. The molecule has 1 atom stereocenters. The summed E-state index contributed by atoms with van der Waals surface area (Å²) in [7, 11) is 0. The van der Waals surface area contributed by atoms with E-state index in [0.29, 0.717) is 18.3 Å². The third-order valence-corrected chi connectivity index (χ3v) is 4.84. The molecule has 3 aromatic rings. The van der Waals surface area contributed by atoms with Gasteiger partial charge in [-0.15, -0.1) is 11.3 Å². The number of thiophene rings is 1. The summed E-state index contributed by atoms with van der Waals surface area (Å²) in [5, 5.41) is 9.55. The van der Waals surface area contributed by atoms with E-state index in [1.807, 2.05) is 29.8 Å². The summed E-state index contributed by atoms with van der Waals surface area (Å²) in [6, 6.07) is 8.36. The van der Waals surface area contributed by atoms with Crippen LogP contribution in [0.2, 0.25) is 0 Å². The van der Waals surface area contributed by atoms with Gasteiger partial charge in [-0.1, -0.05) is 17.3 Å². The zero-order chi connectivity index (χ0) is 15.5. The minimum atomic E-state index is 0.273. The Kier molecular flexibility index (Phi) is 4.14. The molecule has 1 aliphatic heterocycles. The van der Waals surface area contributed by atoms with Gasteiger partial charge < -0.3 is 9.84 Å². The highest BCUT2D eigenvalue weighted by molar-refractivity contribution is 7.13. The SMILES string of the molecule is c1cncc(C2CNCCN2Cc2nc(-c3cccs3)no2)c1. The second-order valence-electron chi connectivity index (χ2n) is 5.47. The van der Waals surface area contributed by atoms with Crippen molar-refractivity contribution in [2.24, 2.45) is 0 Å². The van der Waals surface area contributed by atoms with Crippen LogP contribution in [0.25, 0.3) is 10.7 Å². The van der Waals surface area contributed by atoms with E-state index in [2.05, 4.69) is 31.4 Å². The zero-order valence-corrected chi connectivity index (χ0v) is 13.4. The van der Waals surface area contributed by atoms with Crippen LogP contribution in [0.3, 0.4) is 0 Å². The van der Waals surface area contributed by atoms with E-state index in [4.69, 9.17) is 4.52 Å². The van der Waals surface area contributed by atoms with Crippen molar-refractivity contribution in [3.63, 3.8) is 0 Å². The van der Waals surface area contributed by atoms with E-state index >= 15 is 0 Å². The van der Waals surface area contributed by atoms with Crippen molar-refractivity contribution < 1.29 is 4.52 Å². The Balaban J connectivity index is 1.52. The van der Waals surface area contributed by atoms with Crippen molar-refractivity contribution in [3.05, 3.63) is 53.5 Å². The predicted molar refractivity (Wildman–Crippen MR) is 87.9 cm³/mol. The second-order valence-corrected chi connectivity index (χ2v) is 6.41. The number of piperazine rings is 1. The molecule has 0 bridgehead atoms. The van der Waals surface area contributed by atoms with E-state index < -0.39 is 0 Å². The van der Waals surface area contributed by atoms with Gasteiger partial charge in [-0.05, 0) is 23.1 Å². The van der Waals surface area contributed by atoms with Crippen molar-refractivity contribution in [2.45, 2.75) is 12.6 Å². The lowest BCUT2D eigenvalue weighted by atomic mass is 10.1. The maximum Gasteiger partial charge on any atom is 0.241 e. The van der Waals surface area contributed by atoms with Crippen molar-refractivity contribution in [1.82, 2.24) is 25.3 Å². The molecule has 0 spiro atoms. The van der Waals surface area contributed by atoms with Crippen LogP contribution in [0, 0.1) is 0 Å². The average Bonchev–Trinajstić information content (AvgIpc) is 3.27. The standard InChI is InChI=1S/C16H17N5OS/c1-3-12(9-17-5-1)13-10-18-6-7-21(13)11-15-19-16(20-22-15)14-4-2-8-23-14/h1-5,8-9,13,18H,6-7,10-11H2. The topological polar surface area (TPSA) is 67.1 Å². The molecule has 6 nitrogen and oxygen atoms in total.